The topological polar surface area (TPSA) is 72.2 Å². The highest BCUT2D eigenvalue weighted by Crippen LogP contribution is 2.26. The smallest absolute Gasteiger partial charge is 0.264 e. The van der Waals surface area contributed by atoms with Crippen LogP contribution in [-0.2, 0) is 10.0 Å². The summed E-state index contributed by atoms with van der Waals surface area (Å²) in [6.07, 6.45) is 0. The number of nitrogen functional groups attached to an aromatic ring is 1. The highest BCUT2D eigenvalue weighted by molar-refractivity contribution is 7.92. The van der Waals surface area contributed by atoms with Crippen LogP contribution in [0.4, 0.5) is 20.2 Å². The van der Waals surface area contributed by atoms with Crippen LogP contribution in [0.2, 0.25) is 5.02 Å². The Morgan fingerprint density at radius 2 is 1.85 bits per heavy atom. The molecule has 0 fully saturated rings. The summed E-state index contributed by atoms with van der Waals surface area (Å²) >= 11 is 5.67. The number of rotatable bonds is 3. The molecular formula is C12H9ClF2N2O2S. The van der Waals surface area contributed by atoms with E-state index >= 15 is 0 Å². The average molecular weight is 319 g/mol. The zero-order chi connectivity index (χ0) is 14.9. The van der Waals surface area contributed by atoms with Gasteiger partial charge in [0.05, 0.1) is 11.4 Å². The van der Waals surface area contributed by atoms with Crippen molar-refractivity contribution >= 4 is 33.0 Å². The quantitative estimate of drug-likeness (QED) is 0.854. The largest absolute Gasteiger partial charge is 0.398 e. The molecule has 0 aliphatic rings. The minimum absolute atomic E-state index is 0.0955. The highest BCUT2D eigenvalue weighted by atomic mass is 35.5. The highest BCUT2D eigenvalue weighted by Gasteiger charge is 2.20. The van der Waals surface area contributed by atoms with E-state index in [2.05, 4.69) is 0 Å². The Morgan fingerprint density at radius 1 is 1.15 bits per heavy atom. The predicted molar refractivity (Wildman–Crippen MR) is 73.0 cm³/mol. The van der Waals surface area contributed by atoms with Crippen molar-refractivity contribution in [3.8, 4) is 0 Å². The van der Waals surface area contributed by atoms with Gasteiger partial charge in [-0.25, -0.2) is 17.2 Å². The lowest BCUT2D eigenvalue weighted by molar-refractivity contribution is 0.511. The lowest BCUT2D eigenvalue weighted by atomic mass is 10.3. The number of hydrogen-bond donors (Lipinski definition) is 2. The zero-order valence-corrected chi connectivity index (χ0v) is 11.5. The van der Waals surface area contributed by atoms with Crippen molar-refractivity contribution in [2.75, 3.05) is 10.5 Å². The van der Waals surface area contributed by atoms with Gasteiger partial charge in [0.15, 0.2) is 11.6 Å². The van der Waals surface area contributed by atoms with Gasteiger partial charge in [-0.2, -0.15) is 0 Å². The van der Waals surface area contributed by atoms with Crippen LogP contribution in [0.15, 0.2) is 41.3 Å². The van der Waals surface area contributed by atoms with Crippen molar-refractivity contribution in [2.45, 2.75) is 4.90 Å². The Kier molecular flexibility index (Phi) is 3.82. The Hall–Kier alpha value is -1.86. The summed E-state index contributed by atoms with van der Waals surface area (Å²) in [5.41, 5.74) is 4.96. The number of halogens is 3. The van der Waals surface area contributed by atoms with E-state index < -0.39 is 27.3 Å². The molecule has 2 aromatic carbocycles. The molecule has 0 bridgehead atoms. The van der Waals surface area contributed by atoms with Gasteiger partial charge in [0.1, 0.15) is 4.90 Å². The van der Waals surface area contributed by atoms with E-state index in [4.69, 9.17) is 17.3 Å². The van der Waals surface area contributed by atoms with Crippen molar-refractivity contribution in [3.05, 3.63) is 53.1 Å². The van der Waals surface area contributed by atoms with E-state index in [0.717, 1.165) is 12.1 Å². The van der Waals surface area contributed by atoms with Gasteiger partial charge in [0, 0.05) is 5.02 Å². The summed E-state index contributed by atoms with van der Waals surface area (Å²) in [6, 6.07) is 6.91. The number of nitrogens with one attached hydrogen (secondary N) is 1. The first-order valence-corrected chi connectivity index (χ1v) is 7.19. The molecule has 0 saturated heterocycles. The van der Waals surface area contributed by atoms with Crippen LogP contribution in [0.3, 0.4) is 0 Å². The van der Waals surface area contributed by atoms with Crippen LogP contribution < -0.4 is 10.5 Å². The van der Waals surface area contributed by atoms with Gasteiger partial charge in [-0.3, -0.25) is 4.72 Å². The van der Waals surface area contributed by atoms with E-state index in [0.29, 0.717) is 0 Å². The van der Waals surface area contributed by atoms with Gasteiger partial charge in [0.25, 0.3) is 10.0 Å². The number of sulfonamides is 1. The molecule has 0 amide bonds. The molecule has 0 aromatic heterocycles. The second kappa shape index (κ2) is 5.26. The molecule has 4 nitrogen and oxygen atoms in total. The normalized spacial score (nSPS) is 11.3. The third kappa shape index (κ3) is 2.83. The van der Waals surface area contributed by atoms with Crippen molar-refractivity contribution in [1.82, 2.24) is 0 Å². The molecule has 106 valence electrons. The molecule has 0 aliphatic carbocycles. The van der Waals surface area contributed by atoms with Crippen LogP contribution in [0.25, 0.3) is 0 Å². The minimum atomic E-state index is -4.14. The maximum atomic E-state index is 13.5. The molecule has 2 aromatic rings. The lowest BCUT2D eigenvalue weighted by Gasteiger charge is -2.11. The minimum Gasteiger partial charge on any atom is -0.398 e. The number of nitrogens with two attached hydrogens (primary N) is 1. The summed E-state index contributed by atoms with van der Waals surface area (Å²) in [5, 5.41) is 0.262. The fourth-order valence-corrected chi connectivity index (χ4v) is 2.90. The molecule has 0 heterocycles. The SMILES string of the molecule is Nc1cc(Cl)ccc1S(=O)(=O)Nc1cccc(F)c1F. The van der Waals surface area contributed by atoms with Gasteiger partial charge < -0.3 is 5.73 Å². The van der Waals surface area contributed by atoms with E-state index in [1.54, 1.807) is 0 Å². The lowest BCUT2D eigenvalue weighted by Crippen LogP contribution is -2.16. The summed E-state index contributed by atoms with van der Waals surface area (Å²) in [6.45, 7) is 0. The molecule has 0 unspecified atom stereocenters. The number of benzene rings is 2. The monoisotopic (exact) mass is 318 g/mol. The van der Waals surface area contributed by atoms with E-state index in [9.17, 15) is 17.2 Å². The van der Waals surface area contributed by atoms with Crippen LogP contribution in [0.1, 0.15) is 0 Å². The molecule has 0 radical (unpaired) electrons. The summed E-state index contributed by atoms with van der Waals surface area (Å²) in [5.74, 6) is -2.45. The third-order valence-electron chi connectivity index (χ3n) is 2.46. The third-order valence-corrected chi connectivity index (χ3v) is 4.13. The average Bonchev–Trinajstić information content (AvgIpc) is 2.34. The molecule has 3 N–H and O–H groups in total. The summed E-state index contributed by atoms with van der Waals surface area (Å²) in [7, 11) is -4.14. The Bertz CT molecular complexity index is 766. The Labute approximate surface area is 119 Å². The van der Waals surface area contributed by atoms with Crippen LogP contribution in [0, 0.1) is 11.6 Å². The molecule has 0 atom stereocenters. The van der Waals surface area contributed by atoms with Gasteiger partial charge in [-0.1, -0.05) is 17.7 Å². The van der Waals surface area contributed by atoms with Crippen molar-refractivity contribution in [1.29, 1.82) is 0 Å². The second-order valence-electron chi connectivity index (χ2n) is 3.89. The Balaban J connectivity index is 2.44. The van der Waals surface area contributed by atoms with E-state index in [-0.39, 0.29) is 15.6 Å². The Morgan fingerprint density at radius 3 is 2.50 bits per heavy atom. The van der Waals surface area contributed by atoms with Crippen molar-refractivity contribution < 1.29 is 17.2 Å². The van der Waals surface area contributed by atoms with Gasteiger partial charge in [-0.15, -0.1) is 0 Å². The van der Waals surface area contributed by atoms with Crippen molar-refractivity contribution in [3.63, 3.8) is 0 Å². The standard InChI is InChI=1S/C12H9ClF2N2O2S/c13-7-4-5-11(9(16)6-7)20(18,19)17-10-3-1-2-8(14)12(10)15/h1-6,17H,16H2. The number of anilines is 2. The summed E-state index contributed by atoms with van der Waals surface area (Å²) in [4.78, 5) is -0.273. The fourth-order valence-electron chi connectivity index (χ4n) is 1.55. The predicted octanol–water partition coefficient (Wildman–Crippen LogP) is 3.00. The first-order valence-electron chi connectivity index (χ1n) is 5.33. The maximum absolute atomic E-state index is 13.5. The first-order chi connectivity index (χ1) is 9.31. The molecule has 0 saturated carbocycles. The zero-order valence-electron chi connectivity index (χ0n) is 9.90. The molecular weight excluding hydrogens is 310 g/mol. The first kappa shape index (κ1) is 14.5. The summed E-state index contributed by atoms with van der Waals surface area (Å²) < 4.78 is 52.6. The van der Waals surface area contributed by atoms with Crippen molar-refractivity contribution in [2.24, 2.45) is 0 Å². The molecule has 0 aliphatic heterocycles. The van der Waals surface area contributed by atoms with E-state index in [1.807, 2.05) is 4.72 Å². The van der Waals surface area contributed by atoms with Crippen LogP contribution in [-0.4, -0.2) is 8.42 Å². The van der Waals surface area contributed by atoms with Crippen LogP contribution >= 0.6 is 11.6 Å². The van der Waals surface area contributed by atoms with Crippen LogP contribution in [0.5, 0.6) is 0 Å². The molecule has 0 spiro atoms. The molecule has 2 rings (SSSR count). The maximum Gasteiger partial charge on any atom is 0.264 e. The van der Waals surface area contributed by atoms with Gasteiger partial charge in [-0.05, 0) is 30.3 Å². The van der Waals surface area contributed by atoms with Gasteiger partial charge in [0.2, 0.25) is 0 Å². The molecule has 20 heavy (non-hydrogen) atoms. The van der Waals surface area contributed by atoms with Gasteiger partial charge >= 0.3 is 0 Å². The number of hydrogen-bond acceptors (Lipinski definition) is 3. The van der Waals surface area contributed by atoms with E-state index in [1.165, 1.54) is 24.3 Å². The fraction of sp³-hybridized carbons (Fsp3) is 0. The molecule has 8 heteroatoms. The second-order valence-corrected chi connectivity index (χ2v) is 5.98.